The predicted molar refractivity (Wildman–Crippen MR) is 85.1 cm³/mol. The lowest BCUT2D eigenvalue weighted by molar-refractivity contribution is 0.624. The number of hydrogen-bond donors (Lipinski definition) is 1. The van der Waals surface area contributed by atoms with Crippen molar-refractivity contribution < 1.29 is 4.39 Å². The van der Waals surface area contributed by atoms with E-state index < -0.39 is 0 Å². The minimum atomic E-state index is -0.265. The lowest BCUT2D eigenvalue weighted by atomic mass is 10.1. The van der Waals surface area contributed by atoms with Gasteiger partial charge in [-0.3, -0.25) is 0 Å². The second-order valence-corrected chi connectivity index (χ2v) is 6.74. The molecule has 2 aromatic rings. The van der Waals surface area contributed by atoms with Crippen LogP contribution in [-0.4, -0.2) is 5.25 Å². The van der Waals surface area contributed by atoms with Crippen molar-refractivity contribution in [2.45, 2.75) is 23.1 Å². The Hall–Kier alpha value is -0.740. The second kappa shape index (κ2) is 6.81. The molecule has 0 aromatic heterocycles. The Balaban J connectivity index is 2.13. The quantitative estimate of drug-likeness (QED) is 0.769. The SMILES string of the molecule is CC(Sc1cc(Cl)ccc1Cl)C(N)c1ccc(F)cc1. The van der Waals surface area contributed by atoms with Gasteiger partial charge >= 0.3 is 0 Å². The highest BCUT2D eigenvalue weighted by Gasteiger charge is 2.17. The van der Waals surface area contributed by atoms with Gasteiger partial charge in [-0.1, -0.05) is 42.3 Å². The van der Waals surface area contributed by atoms with Crippen LogP contribution in [0.5, 0.6) is 0 Å². The molecule has 0 aliphatic carbocycles. The molecule has 0 radical (unpaired) electrons. The second-order valence-electron chi connectivity index (χ2n) is 4.48. The molecule has 2 atom stereocenters. The van der Waals surface area contributed by atoms with Gasteiger partial charge in [-0.2, -0.15) is 0 Å². The molecule has 106 valence electrons. The van der Waals surface area contributed by atoms with Gasteiger partial charge in [0, 0.05) is 21.2 Å². The van der Waals surface area contributed by atoms with E-state index in [1.165, 1.54) is 12.1 Å². The Kier molecular flexibility index (Phi) is 5.33. The lowest BCUT2D eigenvalue weighted by Gasteiger charge is -2.20. The number of halogens is 3. The molecule has 0 spiro atoms. The number of benzene rings is 2. The monoisotopic (exact) mass is 329 g/mol. The molecule has 0 saturated heterocycles. The van der Waals surface area contributed by atoms with Crippen LogP contribution in [0.2, 0.25) is 10.0 Å². The van der Waals surface area contributed by atoms with Gasteiger partial charge in [0.05, 0.1) is 5.02 Å². The molecule has 0 fully saturated rings. The molecule has 2 N–H and O–H groups in total. The molecule has 2 unspecified atom stereocenters. The largest absolute Gasteiger partial charge is 0.323 e. The summed E-state index contributed by atoms with van der Waals surface area (Å²) in [6.07, 6.45) is 0. The van der Waals surface area contributed by atoms with Crippen molar-refractivity contribution in [3.8, 4) is 0 Å². The maximum absolute atomic E-state index is 12.9. The normalized spacial score (nSPS) is 14.1. The molecule has 2 aromatic carbocycles. The van der Waals surface area contributed by atoms with Crippen molar-refractivity contribution in [3.63, 3.8) is 0 Å². The average Bonchev–Trinajstić information content (AvgIpc) is 2.43. The van der Waals surface area contributed by atoms with Gasteiger partial charge in [0.2, 0.25) is 0 Å². The lowest BCUT2D eigenvalue weighted by Crippen LogP contribution is -2.21. The Bertz CT molecular complexity index is 589. The summed E-state index contributed by atoms with van der Waals surface area (Å²) < 4.78 is 12.9. The first-order valence-electron chi connectivity index (χ1n) is 6.10. The average molecular weight is 330 g/mol. The van der Waals surface area contributed by atoms with Crippen LogP contribution in [0.25, 0.3) is 0 Å². The van der Waals surface area contributed by atoms with Crippen LogP contribution in [0.4, 0.5) is 4.39 Å². The first-order valence-corrected chi connectivity index (χ1v) is 7.73. The molecular formula is C15H14Cl2FNS. The maximum atomic E-state index is 12.9. The fourth-order valence-corrected chi connectivity index (χ4v) is 3.37. The molecular weight excluding hydrogens is 316 g/mol. The summed E-state index contributed by atoms with van der Waals surface area (Å²) in [5.41, 5.74) is 7.10. The topological polar surface area (TPSA) is 26.0 Å². The Labute approximate surface area is 132 Å². The van der Waals surface area contributed by atoms with Crippen LogP contribution in [-0.2, 0) is 0 Å². The van der Waals surface area contributed by atoms with Crippen molar-refractivity contribution >= 4 is 35.0 Å². The summed E-state index contributed by atoms with van der Waals surface area (Å²) >= 11 is 13.7. The zero-order valence-electron chi connectivity index (χ0n) is 10.8. The molecule has 0 aliphatic rings. The third-order valence-electron chi connectivity index (χ3n) is 2.97. The van der Waals surface area contributed by atoms with E-state index in [-0.39, 0.29) is 17.1 Å². The number of nitrogens with two attached hydrogens (primary N) is 1. The highest BCUT2D eigenvalue weighted by molar-refractivity contribution is 8.00. The summed E-state index contributed by atoms with van der Waals surface area (Å²) in [6.45, 7) is 2.01. The van der Waals surface area contributed by atoms with Gasteiger partial charge in [0.1, 0.15) is 5.82 Å². The van der Waals surface area contributed by atoms with E-state index in [0.717, 1.165) is 10.5 Å². The highest BCUT2D eigenvalue weighted by atomic mass is 35.5. The van der Waals surface area contributed by atoms with E-state index in [9.17, 15) is 4.39 Å². The minimum Gasteiger partial charge on any atom is -0.323 e. The van der Waals surface area contributed by atoms with E-state index in [1.54, 1.807) is 36.0 Å². The highest BCUT2D eigenvalue weighted by Crippen LogP contribution is 2.36. The van der Waals surface area contributed by atoms with E-state index in [4.69, 9.17) is 28.9 Å². The zero-order valence-corrected chi connectivity index (χ0v) is 13.1. The molecule has 0 heterocycles. The summed E-state index contributed by atoms with van der Waals surface area (Å²) in [6, 6.07) is 11.4. The van der Waals surface area contributed by atoms with Crippen LogP contribution < -0.4 is 5.73 Å². The fourth-order valence-electron chi connectivity index (χ4n) is 1.80. The van der Waals surface area contributed by atoms with Crippen LogP contribution in [0, 0.1) is 5.82 Å². The van der Waals surface area contributed by atoms with Crippen LogP contribution >= 0.6 is 35.0 Å². The third-order valence-corrected chi connectivity index (χ3v) is 4.90. The predicted octanol–water partition coefficient (Wildman–Crippen LogP) is 5.31. The zero-order chi connectivity index (χ0) is 14.7. The molecule has 2 rings (SSSR count). The summed E-state index contributed by atoms with van der Waals surface area (Å²) in [4.78, 5) is 0.893. The van der Waals surface area contributed by atoms with Gasteiger partial charge < -0.3 is 5.73 Å². The first-order chi connectivity index (χ1) is 9.47. The van der Waals surface area contributed by atoms with Crippen molar-refractivity contribution in [3.05, 3.63) is 63.9 Å². The van der Waals surface area contributed by atoms with Crippen LogP contribution in [0.1, 0.15) is 18.5 Å². The van der Waals surface area contributed by atoms with Gasteiger partial charge in [-0.15, -0.1) is 11.8 Å². The molecule has 0 bridgehead atoms. The smallest absolute Gasteiger partial charge is 0.123 e. The molecule has 1 nitrogen and oxygen atoms in total. The molecule has 0 amide bonds. The summed E-state index contributed by atoms with van der Waals surface area (Å²) in [7, 11) is 0. The van der Waals surface area contributed by atoms with Crippen LogP contribution in [0.15, 0.2) is 47.4 Å². The Morgan fingerprint density at radius 1 is 1.10 bits per heavy atom. The van der Waals surface area contributed by atoms with E-state index >= 15 is 0 Å². The molecule has 0 saturated carbocycles. The number of hydrogen-bond acceptors (Lipinski definition) is 2. The van der Waals surface area contributed by atoms with Gasteiger partial charge in [-0.05, 0) is 35.9 Å². The van der Waals surface area contributed by atoms with Gasteiger partial charge in [0.25, 0.3) is 0 Å². The van der Waals surface area contributed by atoms with Crippen molar-refractivity contribution in [2.75, 3.05) is 0 Å². The third kappa shape index (κ3) is 3.89. The van der Waals surface area contributed by atoms with E-state index in [1.807, 2.05) is 13.0 Å². The van der Waals surface area contributed by atoms with Gasteiger partial charge in [-0.25, -0.2) is 4.39 Å². The van der Waals surface area contributed by atoms with Crippen molar-refractivity contribution in [1.82, 2.24) is 0 Å². The molecule has 20 heavy (non-hydrogen) atoms. The molecule has 5 heteroatoms. The van der Waals surface area contributed by atoms with Gasteiger partial charge in [0.15, 0.2) is 0 Å². The van der Waals surface area contributed by atoms with Crippen LogP contribution in [0.3, 0.4) is 0 Å². The van der Waals surface area contributed by atoms with Crippen molar-refractivity contribution in [2.24, 2.45) is 5.73 Å². The van der Waals surface area contributed by atoms with E-state index in [0.29, 0.717) is 10.0 Å². The van der Waals surface area contributed by atoms with E-state index in [2.05, 4.69) is 0 Å². The standard InChI is InChI=1S/C15H14Cl2FNS/c1-9(15(19)10-2-5-12(18)6-3-10)20-14-8-11(16)4-7-13(14)17/h2-9,15H,19H2,1H3. The fraction of sp³-hybridized carbons (Fsp3) is 0.200. The summed E-state index contributed by atoms with van der Waals surface area (Å²) in [5.74, 6) is -0.265. The molecule has 0 aliphatic heterocycles. The van der Waals surface area contributed by atoms with Crippen molar-refractivity contribution in [1.29, 1.82) is 0 Å². The minimum absolute atomic E-state index is 0.0800. The number of rotatable bonds is 4. The first kappa shape index (κ1) is 15.6. The maximum Gasteiger partial charge on any atom is 0.123 e. The Morgan fingerprint density at radius 3 is 2.40 bits per heavy atom. The Morgan fingerprint density at radius 2 is 1.75 bits per heavy atom. The number of thioether (sulfide) groups is 1. The summed E-state index contributed by atoms with van der Waals surface area (Å²) in [5, 5.41) is 1.37.